The van der Waals surface area contributed by atoms with E-state index in [0.717, 1.165) is 18.4 Å². The van der Waals surface area contributed by atoms with Crippen LogP contribution >= 0.6 is 0 Å². The Morgan fingerprint density at radius 1 is 1.27 bits per heavy atom. The second-order valence-corrected chi connectivity index (χ2v) is 6.47. The summed E-state index contributed by atoms with van der Waals surface area (Å²) in [6.07, 6.45) is 4.89. The average molecular weight is 355 g/mol. The largest absolute Gasteiger partial charge is 0.354 e. The first kappa shape index (κ1) is 16.4. The van der Waals surface area contributed by atoms with Crippen molar-refractivity contribution >= 4 is 16.9 Å². The SMILES string of the molecule is O=C(NCCn1ncc2c(=O)n(Cc3ccc(F)cc3)cnc21)C1CC1. The molecule has 7 nitrogen and oxygen atoms in total. The number of aromatic nitrogens is 4. The third-order valence-corrected chi connectivity index (χ3v) is 4.46. The van der Waals surface area contributed by atoms with E-state index in [2.05, 4.69) is 15.4 Å². The summed E-state index contributed by atoms with van der Waals surface area (Å²) in [7, 11) is 0. The van der Waals surface area contributed by atoms with E-state index in [9.17, 15) is 14.0 Å². The van der Waals surface area contributed by atoms with Crippen molar-refractivity contribution < 1.29 is 9.18 Å². The summed E-state index contributed by atoms with van der Waals surface area (Å²) < 4.78 is 16.1. The van der Waals surface area contributed by atoms with Crippen LogP contribution in [0.3, 0.4) is 0 Å². The molecule has 0 radical (unpaired) electrons. The first-order valence-electron chi connectivity index (χ1n) is 8.55. The molecule has 4 rings (SSSR count). The molecule has 2 aromatic heterocycles. The molecule has 1 aromatic carbocycles. The van der Waals surface area contributed by atoms with Gasteiger partial charge in [0, 0.05) is 12.5 Å². The lowest BCUT2D eigenvalue weighted by molar-refractivity contribution is -0.122. The van der Waals surface area contributed by atoms with Gasteiger partial charge in [-0.25, -0.2) is 14.1 Å². The molecule has 3 aromatic rings. The van der Waals surface area contributed by atoms with Crippen molar-refractivity contribution in [2.24, 2.45) is 5.92 Å². The lowest BCUT2D eigenvalue weighted by atomic mass is 10.2. The minimum absolute atomic E-state index is 0.0797. The van der Waals surface area contributed by atoms with Crippen LogP contribution in [0.4, 0.5) is 4.39 Å². The smallest absolute Gasteiger partial charge is 0.264 e. The van der Waals surface area contributed by atoms with Crippen molar-refractivity contribution in [2.45, 2.75) is 25.9 Å². The fourth-order valence-corrected chi connectivity index (χ4v) is 2.84. The summed E-state index contributed by atoms with van der Waals surface area (Å²) >= 11 is 0. The molecule has 0 aliphatic heterocycles. The van der Waals surface area contributed by atoms with Crippen molar-refractivity contribution in [3.05, 3.63) is 58.5 Å². The topological polar surface area (TPSA) is 81.8 Å². The van der Waals surface area contributed by atoms with Gasteiger partial charge in [-0.1, -0.05) is 12.1 Å². The average Bonchev–Trinajstić information content (AvgIpc) is 3.41. The van der Waals surface area contributed by atoms with E-state index in [1.807, 2.05) is 0 Å². The molecule has 1 saturated carbocycles. The van der Waals surface area contributed by atoms with Gasteiger partial charge in [0.15, 0.2) is 5.65 Å². The lowest BCUT2D eigenvalue weighted by Gasteiger charge is -2.07. The van der Waals surface area contributed by atoms with E-state index in [-0.39, 0.29) is 23.2 Å². The van der Waals surface area contributed by atoms with Crippen LogP contribution in [0.2, 0.25) is 0 Å². The number of fused-ring (bicyclic) bond motifs is 1. The Morgan fingerprint density at radius 3 is 2.77 bits per heavy atom. The van der Waals surface area contributed by atoms with Crippen LogP contribution in [0.5, 0.6) is 0 Å². The normalized spacial score (nSPS) is 13.9. The van der Waals surface area contributed by atoms with Crippen molar-refractivity contribution in [1.29, 1.82) is 0 Å². The van der Waals surface area contributed by atoms with Crippen LogP contribution in [0.1, 0.15) is 18.4 Å². The summed E-state index contributed by atoms with van der Waals surface area (Å²) in [5, 5.41) is 7.50. The van der Waals surface area contributed by atoms with Crippen molar-refractivity contribution in [3.8, 4) is 0 Å². The van der Waals surface area contributed by atoms with Crippen LogP contribution in [0, 0.1) is 11.7 Å². The van der Waals surface area contributed by atoms with Crippen molar-refractivity contribution in [3.63, 3.8) is 0 Å². The molecular formula is C18H18FN5O2. The fraction of sp³-hybridized carbons (Fsp3) is 0.333. The Labute approximate surface area is 148 Å². The zero-order valence-electron chi connectivity index (χ0n) is 14.1. The molecule has 0 bridgehead atoms. The molecule has 1 N–H and O–H groups in total. The summed E-state index contributed by atoms with van der Waals surface area (Å²) in [4.78, 5) is 28.6. The number of rotatable bonds is 6. The van der Waals surface area contributed by atoms with E-state index in [1.54, 1.807) is 16.8 Å². The Bertz CT molecular complexity index is 1000. The van der Waals surface area contributed by atoms with Gasteiger partial charge in [0.25, 0.3) is 5.56 Å². The van der Waals surface area contributed by atoms with Gasteiger partial charge >= 0.3 is 0 Å². The monoisotopic (exact) mass is 355 g/mol. The van der Waals surface area contributed by atoms with E-state index in [0.29, 0.717) is 30.7 Å². The van der Waals surface area contributed by atoms with Crippen molar-refractivity contribution in [1.82, 2.24) is 24.6 Å². The third kappa shape index (κ3) is 3.35. The quantitative estimate of drug-likeness (QED) is 0.723. The molecule has 26 heavy (non-hydrogen) atoms. The molecule has 1 amide bonds. The zero-order valence-corrected chi connectivity index (χ0v) is 14.1. The minimum atomic E-state index is -0.315. The second-order valence-electron chi connectivity index (χ2n) is 6.47. The standard InChI is InChI=1S/C18H18FN5O2/c19-14-5-1-12(2-6-14)10-23-11-21-16-15(18(23)26)9-22-24(16)8-7-20-17(25)13-3-4-13/h1-2,5-6,9,11,13H,3-4,7-8,10H2,(H,20,25). The van der Waals surface area contributed by atoms with Gasteiger partial charge in [-0.05, 0) is 30.5 Å². The minimum Gasteiger partial charge on any atom is -0.354 e. The van der Waals surface area contributed by atoms with Gasteiger partial charge in [0.2, 0.25) is 5.91 Å². The molecule has 0 unspecified atom stereocenters. The van der Waals surface area contributed by atoms with Crippen LogP contribution in [-0.2, 0) is 17.9 Å². The maximum absolute atomic E-state index is 13.0. The summed E-state index contributed by atoms with van der Waals surface area (Å²) in [5.41, 5.74) is 1.10. The number of hydrogen-bond donors (Lipinski definition) is 1. The molecule has 0 saturated heterocycles. The fourth-order valence-electron chi connectivity index (χ4n) is 2.84. The van der Waals surface area contributed by atoms with Gasteiger partial charge in [-0.2, -0.15) is 5.10 Å². The number of benzene rings is 1. The number of nitrogens with zero attached hydrogens (tertiary/aromatic N) is 4. The Morgan fingerprint density at radius 2 is 2.04 bits per heavy atom. The number of carbonyl (C=O) groups is 1. The second kappa shape index (κ2) is 6.70. The first-order chi connectivity index (χ1) is 12.6. The van der Waals surface area contributed by atoms with E-state index < -0.39 is 0 Å². The van der Waals surface area contributed by atoms with Gasteiger partial charge in [0.1, 0.15) is 17.5 Å². The highest BCUT2D eigenvalue weighted by atomic mass is 19.1. The van der Waals surface area contributed by atoms with Crippen LogP contribution < -0.4 is 10.9 Å². The highest BCUT2D eigenvalue weighted by Gasteiger charge is 2.29. The molecule has 1 aliphatic rings. The Kier molecular flexibility index (Phi) is 4.24. The van der Waals surface area contributed by atoms with Gasteiger partial charge < -0.3 is 5.32 Å². The predicted molar refractivity (Wildman–Crippen MR) is 93.0 cm³/mol. The van der Waals surface area contributed by atoms with Crippen LogP contribution in [0.25, 0.3) is 11.0 Å². The van der Waals surface area contributed by atoms with Gasteiger partial charge in [0.05, 0.1) is 19.3 Å². The number of hydrogen-bond acceptors (Lipinski definition) is 4. The summed E-state index contributed by atoms with van der Waals surface area (Å²) in [6, 6.07) is 6.00. The van der Waals surface area contributed by atoms with Gasteiger partial charge in [-0.15, -0.1) is 0 Å². The van der Waals surface area contributed by atoms with E-state index in [4.69, 9.17) is 0 Å². The molecule has 8 heteroatoms. The molecule has 0 spiro atoms. The van der Waals surface area contributed by atoms with E-state index in [1.165, 1.54) is 29.2 Å². The molecule has 2 heterocycles. The Hall–Kier alpha value is -3.03. The zero-order chi connectivity index (χ0) is 18.1. The summed E-state index contributed by atoms with van der Waals surface area (Å²) in [5.74, 6) is -0.0676. The van der Waals surface area contributed by atoms with Crippen LogP contribution in [-0.4, -0.2) is 31.8 Å². The lowest BCUT2D eigenvalue weighted by Crippen LogP contribution is -2.28. The highest BCUT2D eigenvalue weighted by Crippen LogP contribution is 2.28. The molecular weight excluding hydrogens is 337 g/mol. The Balaban J connectivity index is 1.50. The maximum atomic E-state index is 13.0. The maximum Gasteiger partial charge on any atom is 0.264 e. The summed E-state index contributed by atoms with van der Waals surface area (Å²) in [6.45, 7) is 1.22. The number of carbonyl (C=O) groups excluding carboxylic acids is 1. The molecule has 134 valence electrons. The molecule has 0 atom stereocenters. The van der Waals surface area contributed by atoms with Gasteiger partial charge in [-0.3, -0.25) is 14.2 Å². The molecule has 1 aliphatic carbocycles. The van der Waals surface area contributed by atoms with Crippen molar-refractivity contribution in [2.75, 3.05) is 6.54 Å². The highest BCUT2D eigenvalue weighted by molar-refractivity contribution is 5.80. The van der Waals surface area contributed by atoms with E-state index >= 15 is 0 Å². The van der Waals surface area contributed by atoms with Crippen LogP contribution in [0.15, 0.2) is 41.6 Å². The third-order valence-electron chi connectivity index (χ3n) is 4.46. The number of halogens is 1. The number of amides is 1. The number of nitrogens with one attached hydrogen (secondary N) is 1. The first-order valence-corrected chi connectivity index (χ1v) is 8.55. The molecule has 1 fully saturated rings. The predicted octanol–water partition coefficient (Wildman–Crippen LogP) is 1.31.